The Morgan fingerprint density at radius 1 is 0.222 bits per heavy atom. The summed E-state index contributed by atoms with van der Waals surface area (Å²) < 4.78 is 7.36. The number of rotatable bonds is 6. The van der Waals surface area contributed by atoms with Gasteiger partial charge in [-0.2, -0.15) is 0 Å². The Balaban J connectivity index is 1.10. The maximum absolute atomic E-state index is 2.50. The van der Waals surface area contributed by atoms with E-state index in [2.05, 4.69) is 250 Å². The highest BCUT2D eigenvalue weighted by Crippen LogP contribution is 2.48. The van der Waals surface area contributed by atoms with Crippen molar-refractivity contribution in [2.45, 2.75) is 0 Å². The van der Waals surface area contributed by atoms with Crippen molar-refractivity contribution in [3.63, 3.8) is 0 Å². The summed E-state index contributed by atoms with van der Waals surface area (Å²) in [5.41, 5.74) is 17.7. The SMILES string of the molecule is c1ccc(-c2ccc3c4c5c6ccc(-c7ccc(-n8c9ccccc9c9ccccc98)cc7)cc6n(-c6ccccc6)c5cc(-c5ccccc5)c4n(-c4ccccc4)c3c2)cc1. The van der Waals surface area contributed by atoms with Crippen LogP contribution in [0, 0.1) is 0 Å². The first kappa shape index (κ1) is 35.4. The zero-order valence-electron chi connectivity index (χ0n) is 34.4. The molecule has 63 heavy (non-hydrogen) atoms. The molecule has 10 aromatic carbocycles. The lowest BCUT2D eigenvalue weighted by Crippen LogP contribution is -1.97. The summed E-state index contributed by atoms with van der Waals surface area (Å²) in [5, 5.41) is 7.50. The van der Waals surface area contributed by atoms with E-state index >= 15 is 0 Å². The zero-order chi connectivity index (χ0) is 41.4. The minimum absolute atomic E-state index is 1.13. The van der Waals surface area contributed by atoms with Crippen LogP contribution >= 0.6 is 0 Å². The van der Waals surface area contributed by atoms with E-state index in [1.807, 2.05) is 0 Å². The smallest absolute Gasteiger partial charge is 0.0627 e. The van der Waals surface area contributed by atoms with Gasteiger partial charge in [-0.15, -0.1) is 0 Å². The predicted octanol–water partition coefficient (Wildman–Crippen LogP) is 16.0. The van der Waals surface area contributed by atoms with E-state index in [9.17, 15) is 0 Å². The van der Waals surface area contributed by atoms with Crippen LogP contribution in [0.25, 0.3) is 116 Å². The van der Waals surface area contributed by atoms with Gasteiger partial charge in [0.05, 0.1) is 33.1 Å². The second kappa shape index (κ2) is 14.1. The summed E-state index contributed by atoms with van der Waals surface area (Å²) in [6.07, 6.45) is 0. The number of benzene rings is 10. The van der Waals surface area contributed by atoms with Crippen molar-refractivity contribution in [3.05, 3.63) is 237 Å². The molecule has 13 rings (SSSR count). The van der Waals surface area contributed by atoms with Crippen molar-refractivity contribution in [3.8, 4) is 50.4 Å². The third-order valence-corrected chi connectivity index (χ3v) is 13.0. The van der Waals surface area contributed by atoms with E-state index in [0.717, 1.165) is 17.1 Å². The summed E-state index contributed by atoms with van der Waals surface area (Å²) in [5.74, 6) is 0. The Morgan fingerprint density at radius 3 is 1.22 bits per heavy atom. The molecule has 0 N–H and O–H groups in total. The topological polar surface area (TPSA) is 14.8 Å². The van der Waals surface area contributed by atoms with Crippen LogP contribution < -0.4 is 0 Å². The van der Waals surface area contributed by atoms with Gasteiger partial charge in [-0.1, -0.05) is 170 Å². The highest BCUT2D eigenvalue weighted by Gasteiger charge is 2.25. The average Bonchev–Trinajstić information content (AvgIpc) is 4.00. The van der Waals surface area contributed by atoms with E-state index in [1.165, 1.54) is 98.8 Å². The summed E-state index contributed by atoms with van der Waals surface area (Å²) in [6.45, 7) is 0. The van der Waals surface area contributed by atoms with E-state index in [4.69, 9.17) is 0 Å². The number of fused-ring (bicyclic) bond motifs is 10. The van der Waals surface area contributed by atoms with Crippen LogP contribution in [0.5, 0.6) is 0 Å². The third kappa shape index (κ3) is 5.46. The Kier molecular flexibility index (Phi) is 7.91. The molecule has 0 atom stereocenters. The van der Waals surface area contributed by atoms with Crippen LogP contribution in [0.15, 0.2) is 237 Å². The van der Waals surface area contributed by atoms with Gasteiger partial charge in [-0.05, 0) is 94.5 Å². The lowest BCUT2D eigenvalue weighted by molar-refractivity contribution is 1.17. The molecule has 0 unspecified atom stereocenters. The van der Waals surface area contributed by atoms with Gasteiger partial charge < -0.3 is 13.7 Å². The second-order valence-corrected chi connectivity index (χ2v) is 16.5. The molecule has 13 aromatic rings. The molecule has 0 fully saturated rings. The third-order valence-electron chi connectivity index (χ3n) is 13.0. The molecule has 0 bridgehead atoms. The first-order valence-electron chi connectivity index (χ1n) is 21.7. The molecule has 0 aliphatic carbocycles. The first-order chi connectivity index (χ1) is 31.3. The van der Waals surface area contributed by atoms with E-state index in [0.29, 0.717) is 0 Å². The van der Waals surface area contributed by atoms with Crippen LogP contribution in [-0.2, 0) is 0 Å². The van der Waals surface area contributed by atoms with Crippen LogP contribution in [0.4, 0.5) is 0 Å². The number of hydrogen-bond donors (Lipinski definition) is 0. The summed E-state index contributed by atoms with van der Waals surface area (Å²) in [7, 11) is 0. The summed E-state index contributed by atoms with van der Waals surface area (Å²) >= 11 is 0. The van der Waals surface area contributed by atoms with Crippen LogP contribution in [0.1, 0.15) is 0 Å². The normalized spacial score (nSPS) is 11.8. The summed E-state index contributed by atoms with van der Waals surface area (Å²) in [4.78, 5) is 0. The minimum Gasteiger partial charge on any atom is -0.309 e. The van der Waals surface area contributed by atoms with Crippen LogP contribution in [-0.4, -0.2) is 13.7 Å². The van der Waals surface area contributed by atoms with Gasteiger partial charge in [0.1, 0.15) is 0 Å². The molecule has 0 aliphatic heterocycles. The lowest BCUT2D eigenvalue weighted by atomic mass is 9.96. The number of aromatic nitrogens is 3. The van der Waals surface area contributed by atoms with Gasteiger partial charge in [0.15, 0.2) is 0 Å². The minimum atomic E-state index is 1.13. The van der Waals surface area contributed by atoms with Gasteiger partial charge in [-0.3, -0.25) is 0 Å². The van der Waals surface area contributed by atoms with Crippen molar-refractivity contribution in [1.29, 1.82) is 0 Å². The van der Waals surface area contributed by atoms with Crippen LogP contribution in [0.3, 0.4) is 0 Å². The van der Waals surface area contributed by atoms with Crippen molar-refractivity contribution in [2.75, 3.05) is 0 Å². The number of hydrogen-bond acceptors (Lipinski definition) is 0. The first-order valence-corrected chi connectivity index (χ1v) is 21.7. The second-order valence-electron chi connectivity index (χ2n) is 16.5. The highest BCUT2D eigenvalue weighted by molar-refractivity contribution is 6.32. The van der Waals surface area contributed by atoms with Gasteiger partial charge in [0, 0.05) is 54.9 Å². The van der Waals surface area contributed by atoms with Gasteiger partial charge in [-0.25, -0.2) is 0 Å². The molecule has 0 radical (unpaired) electrons. The van der Waals surface area contributed by atoms with Crippen molar-refractivity contribution in [2.24, 2.45) is 0 Å². The quantitative estimate of drug-likeness (QED) is 0.159. The molecule has 294 valence electrons. The molecule has 0 saturated carbocycles. The molecule has 3 aromatic heterocycles. The lowest BCUT2D eigenvalue weighted by Gasteiger charge is -2.14. The molecule has 3 nitrogen and oxygen atoms in total. The fourth-order valence-electron chi connectivity index (χ4n) is 10.2. The largest absolute Gasteiger partial charge is 0.309 e. The summed E-state index contributed by atoms with van der Waals surface area (Å²) in [6, 6.07) is 86.4. The van der Waals surface area contributed by atoms with Gasteiger partial charge >= 0.3 is 0 Å². The van der Waals surface area contributed by atoms with Crippen molar-refractivity contribution in [1.82, 2.24) is 13.7 Å². The van der Waals surface area contributed by atoms with E-state index < -0.39 is 0 Å². The molecular formula is C60H39N3. The zero-order valence-corrected chi connectivity index (χ0v) is 34.4. The standard InChI is InChI=1S/C60H39N3/c1-5-17-40(18-6-1)43-32-36-51-56(38-43)63(46-23-11-4-12-24-46)60-52(42-19-7-2-8-20-42)39-57-58(59(51)60)50-35-31-44(37-55(50)62(57)45-21-9-3-10-22-45)41-29-33-47(34-30-41)61-53-27-15-13-25-48(53)49-26-14-16-28-54(49)61/h1-39H. The fourth-order valence-corrected chi connectivity index (χ4v) is 10.2. The molecule has 0 spiro atoms. The average molecular weight is 802 g/mol. The van der Waals surface area contributed by atoms with Gasteiger partial charge in [0.25, 0.3) is 0 Å². The Bertz CT molecular complexity index is 3800. The molecule has 0 saturated heterocycles. The van der Waals surface area contributed by atoms with E-state index in [-0.39, 0.29) is 0 Å². The molecule has 3 heterocycles. The maximum Gasteiger partial charge on any atom is 0.0627 e. The van der Waals surface area contributed by atoms with E-state index in [1.54, 1.807) is 0 Å². The molecule has 0 amide bonds. The Labute approximate surface area is 364 Å². The Hall–Kier alpha value is -8.40. The molecule has 0 aliphatic rings. The fraction of sp³-hybridized carbons (Fsp3) is 0. The number of nitrogens with zero attached hydrogens (tertiary/aromatic N) is 3. The molecular weight excluding hydrogens is 763 g/mol. The van der Waals surface area contributed by atoms with Crippen LogP contribution in [0.2, 0.25) is 0 Å². The Morgan fingerprint density at radius 2 is 0.635 bits per heavy atom. The monoisotopic (exact) mass is 801 g/mol. The maximum atomic E-state index is 2.50. The van der Waals surface area contributed by atoms with Gasteiger partial charge in [0.2, 0.25) is 0 Å². The highest BCUT2D eigenvalue weighted by atomic mass is 15.0. The predicted molar refractivity (Wildman–Crippen MR) is 266 cm³/mol. The van der Waals surface area contributed by atoms with Crippen molar-refractivity contribution < 1.29 is 0 Å². The number of para-hydroxylation sites is 4. The molecule has 3 heteroatoms. The van der Waals surface area contributed by atoms with Crippen molar-refractivity contribution >= 4 is 65.4 Å².